The van der Waals surface area contributed by atoms with E-state index in [1.165, 1.54) is 0 Å². The third kappa shape index (κ3) is 5.66. The molecule has 27 heavy (non-hydrogen) atoms. The number of benzene rings is 2. The molecule has 1 unspecified atom stereocenters. The van der Waals surface area contributed by atoms with E-state index in [0.29, 0.717) is 6.54 Å². The zero-order chi connectivity index (χ0) is 20.0. The van der Waals surface area contributed by atoms with E-state index in [2.05, 4.69) is 15.9 Å². The average molecular weight is 452 g/mol. The quantitative estimate of drug-likeness (QED) is 0.571. The van der Waals surface area contributed by atoms with Crippen molar-refractivity contribution < 1.29 is 13.2 Å². The Hall–Kier alpha value is -1.66. The van der Waals surface area contributed by atoms with Crippen molar-refractivity contribution in [2.75, 3.05) is 12.3 Å². The van der Waals surface area contributed by atoms with Gasteiger partial charge in [0.05, 0.1) is 16.7 Å². The van der Waals surface area contributed by atoms with Crippen molar-refractivity contribution in [3.05, 3.63) is 64.1 Å². The second kappa shape index (κ2) is 9.51. The van der Waals surface area contributed by atoms with Crippen molar-refractivity contribution in [1.29, 1.82) is 0 Å². The molecule has 0 N–H and O–H groups in total. The molecule has 1 atom stereocenters. The first kappa shape index (κ1) is 21.6. The summed E-state index contributed by atoms with van der Waals surface area (Å²) < 4.78 is 26.0. The van der Waals surface area contributed by atoms with Gasteiger partial charge in [0, 0.05) is 17.4 Å². The van der Waals surface area contributed by atoms with Crippen molar-refractivity contribution in [2.24, 2.45) is 0 Å². The molecule has 0 spiro atoms. The highest BCUT2D eigenvalue weighted by Crippen LogP contribution is 2.28. The van der Waals surface area contributed by atoms with Crippen molar-refractivity contribution in [3.63, 3.8) is 0 Å². The summed E-state index contributed by atoms with van der Waals surface area (Å²) in [6, 6.07) is 14.4. The molecule has 4 nitrogen and oxygen atoms in total. The summed E-state index contributed by atoms with van der Waals surface area (Å²) in [6.45, 7) is 6.48. The topological polar surface area (TPSA) is 54.5 Å². The van der Waals surface area contributed by atoms with Crippen molar-refractivity contribution in [3.8, 4) is 0 Å². The largest absolute Gasteiger partial charge is 0.336 e. The Labute approximate surface area is 170 Å². The lowest BCUT2D eigenvalue weighted by Crippen LogP contribution is -2.35. The van der Waals surface area contributed by atoms with Crippen LogP contribution < -0.4 is 0 Å². The van der Waals surface area contributed by atoms with Crippen LogP contribution in [0.5, 0.6) is 0 Å². The molecule has 2 rings (SSSR count). The second-order valence-electron chi connectivity index (χ2n) is 6.67. The highest BCUT2D eigenvalue weighted by molar-refractivity contribution is 9.10. The number of rotatable bonds is 8. The molecule has 0 saturated carbocycles. The average Bonchev–Trinajstić information content (AvgIpc) is 2.64. The van der Waals surface area contributed by atoms with E-state index >= 15 is 0 Å². The highest BCUT2D eigenvalue weighted by Gasteiger charge is 2.24. The maximum Gasteiger partial charge on any atom is 0.224 e. The summed E-state index contributed by atoms with van der Waals surface area (Å²) >= 11 is 3.54. The summed E-state index contributed by atoms with van der Waals surface area (Å²) in [4.78, 5) is 14.9. The third-order valence-corrected chi connectivity index (χ3v) is 7.03. The lowest BCUT2D eigenvalue weighted by atomic mass is 10.1. The van der Waals surface area contributed by atoms with Gasteiger partial charge in [-0.1, -0.05) is 58.7 Å². The van der Waals surface area contributed by atoms with Crippen LogP contribution in [0.4, 0.5) is 0 Å². The normalized spacial score (nSPS) is 12.6. The smallest absolute Gasteiger partial charge is 0.224 e. The number of carbonyl (C=O) groups is 1. The Morgan fingerprint density at radius 1 is 1.11 bits per heavy atom. The van der Waals surface area contributed by atoms with E-state index in [0.717, 1.165) is 22.0 Å². The van der Waals surface area contributed by atoms with Gasteiger partial charge in [0.25, 0.3) is 0 Å². The molecular weight excluding hydrogens is 426 g/mol. The lowest BCUT2D eigenvalue weighted by Gasteiger charge is -2.30. The molecule has 0 aliphatic carbocycles. The number of hydrogen-bond donors (Lipinski definition) is 0. The first-order valence-electron chi connectivity index (χ1n) is 9.09. The summed E-state index contributed by atoms with van der Waals surface area (Å²) in [5.41, 5.74) is 2.02. The Morgan fingerprint density at radius 3 is 2.33 bits per heavy atom. The number of aryl methyl sites for hydroxylation is 1. The maximum atomic E-state index is 12.8. The van der Waals surface area contributed by atoms with Crippen LogP contribution in [-0.2, 0) is 14.6 Å². The van der Waals surface area contributed by atoms with Crippen LogP contribution in [-0.4, -0.2) is 31.5 Å². The Balaban J connectivity index is 2.13. The Morgan fingerprint density at radius 2 is 1.74 bits per heavy atom. The summed E-state index contributed by atoms with van der Waals surface area (Å²) in [7, 11) is -3.48. The molecule has 2 aromatic rings. The summed E-state index contributed by atoms with van der Waals surface area (Å²) in [6.07, 6.45) is 0.788. The molecule has 2 aromatic carbocycles. The predicted octanol–water partition coefficient (Wildman–Crippen LogP) is 4.92. The van der Waals surface area contributed by atoms with Crippen molar-refractivity contribution in [2.45, 2.75) is 44.6 Å². The molecule has 0 fully saturated rings. The van der Waals surface area contributed by atoms with E-state index in [9.17, 15) is 13.2 Å². The highest BCUT2D eigenvalue weighted by atomic mass is 79.9. The number of hydrogen-bond acceptors (Lipinski definition) is 3. The molecule has 1 amide bonds. The third-order valence-electron chi connectivity index (χ3n) is 4.57. The van der Waals surface area contributed by atoms with E-state index in [-0.39, 0.29) is 29.0 Å². The van der Waals surface area contributed by atoms with Crippen LogP contribution in [0.1, 0.15) is 43.9 Å². The summed E-state index contributed by atoms with van der Waals surface area (Å²) in [5, 5.41) is 0. The van der Waals surface area contributed by atoms with Crippen molar-refractivity contribution in [1.82, 2.24) is 4.90 Å². The lowest BCUT2D eigenvalue weighted by molar-refractivity contribution is -0.133. The molecule has 0 heterocycles. The van der Waals surface area contributed by atoms with Crippen LogP contribution >= 0.6 is 15.9 Å². The first-order valence-corrected chi connectivity index (χ1v) is 11.5. The van der Waals surface area contributed by atoms with Gasteiger partial charge in [-0.25, -0.2) is 8.42 Å². The van der Waals surface area contributed by atoms with Crippen LogP contribution in [0.2, 0.25) is 0 Å². The molecule has 0 aliphatic heterocycles. The molecule has 0 saturated heterocycles. The molecule has 0 aliphatic rings. The van der Waals surface area contributed by atoms with Gasteiger partial charge in [-0.2, -0.15) is 0 Å². The fraction of sp³-hybridized carbons (Fsp3) is 0.381. The van der Waals surface area contributed by atoms with Gasteiger partial charge >= 0.3 is 0 Å². The fourth-order valence-corrected chi connectivity index (χ4v) is 4.83. The van der Waals surface area contributed by atoms with Gasteiger partial charge in [0.15, 0.2) is 9.84 Å². The molecule has 0 bridgehead atoms. The second-order valence-corrected chi connectivity index (χ2v) is 9.63. The Bertz CT molecular complexity index is 879. The van der Waals surface area contributed by atoms with Gasteiger partial charge in [-0.15, -0.1) is 0 Å². The van der Waals surface area contributed by atoms with Crippen molar-refractivity contribution >= 4 is 31.7 Å². The zero-order valence-corrected chi connectivity index (χ0v) is 18.4. The van der Waals surface area contributed by atoms with Crippen LogP contribution in [0.3, 0.4) is 0 Å². The predicted molar refractivity (Wildman–Crippen MR) is 112 cm³/mol. The minimum absolute atomic E-state index is 0.0228. The molecular formula is C21H26BrNO3S. The number of amides is 1. The van der Waals surface area contributed by atoms with Crippen LogP contribution in [0, 0.1) is 6.92 Å². The van der Waals surface area contributed by atoms with E-state index in [4.69, 9.17) is 0 Å². The van der Waals surface area contributed by atoms with Crippen LogP contribution in [0.15, 0.2) is 57.9 Å². The van der Waals surface area contributed by atoms with Gasteiger partial charge in [-0.05, 0) is 44.0 Å². The monoisotopic (exact) mass is 451 g/mol. The molecule has 0 radical (unpaired) electrons. The first-order chi connectivity index (χ1) is 12.8. The fourth-order valence-electron chi connectivity index (χ4n) is 2.99. The van der Waals surface area contributed by atoms with E-state index in [1.807, 2.05) is 45.0 Å². The standard InChI is InChI=1S/C21H26BrNO3S/c1-4-14-23(17(3)19-7-5-6-8-20(19)22)21(24)13-15-27(25,26)18-11-9-16(2)10-12-18/h5-12,17H,4,13-15H2,1-3H3. The van der Waals surface area contributed by atoms with Crippen LogP contribution in [0.25, 0.3) is 0 Å². The summed E-state index contributed by atoms with van der Waals surface area (Å²) in [5.74, 6) is -0.326. The van der Waals surface area contributed by atoms with Gasteiger partial charge < -0.3 is 4.90 Å². The minimum Gasteiger partial charge on any atom is -0.336 e. The Kier molecular flexibility index (Phi) is 7.62. The zero-order valence-electron chi connectivity index (χ0n) is 16.0. The van der Waals surface area contributed by atoms with E-state index < -0.39 is 9.84 Å². The number of sulfone groups is 1. The minimum atomic E-state index is -3.48. The molecule has 6 heteroatoms. The van der Waals surface area contributed by atoms with E-state index in [1.54, 1.807) is 29.2 Å². The van der Waals surface area contributed by atoms with Gasteiger partial charge in [0.2, 0.25) is 5.91 Å². The maximum absolute atomic E-state index is 12.8. The SMILES string of the molecule is CCCN(C(=O)CCS(=O)(=O)c1ccc(C)cc1)C(C)c1ccccc1Br. The molecule has 0 aromatic heterocycles. The van der Waals surface area contributed by atoms with Gasteiger partial charge in [-0.3, -0.25) is 4.79 Å². The number of carbonyl (C=O) groups excluding carboxylic acids is 1. The molecule has 146 valence electrons. The number of halogens is 1. The van der Waals surface area contributed by atoms with Gasteiger partial charge in [0.1, 0.15) is 0 Å². The number of nitrogens with zero attached hydrogens (tertiary/aromatic N) is 1.